The predicted molar refractivity (Wildman–Crippen MR) is 321 cm³/mol. The molecule has 0 unspecified atom stereocenters. The van der Waals surface area contributed by atoms with E-state index >= 15 is 0 Å². The van der Waals surface area contributed by atoms with E-state index in [-0.39, 0.29) is 40.2 Å². The van der Waals surface area contributed by atoms with Crippen LogP contribution in [0.15, 0.2) is 97.6 Å². The number of benzene rings is 4. The average Bonchev–Trinajstić information content (AvgIpc) is 3.43. The summed E-state index contributed by atoms with van der Waals surface area (Å²) in [6.07, 6.45) is 4.98. The number of carbonyl (C=O) groups excluding carboxylic acids is 1. The van der Waals surface area contributed by atoms with Crippen LogP contribution in [0.25, 0.3) is 22.1 Å². The molecule has 4 heterocycles. The second-order valence-corrected chi connectivity index (χ2v) is 24.3. The molecule has 8 N–H and O–H groups in total. The van der Waals surface area contributed by atoms with E-state index in [0.29, 0.717) is 83.8 Å². The third-order valence-corrected chi connectivity index (χ3v) is 13.2. The van der Waals surface area contributed by atoms with Crippen molar-refractivity contribution in [3.05, 3.63) is 141 Å². The highest BCUT2D eigenvalue weighted by molar-refractivity contribution is 7.92. The summed E-state index contributed by atoms with van der Waals surface area (Å²) in [5, 5.41) is 19.0. The molecule has 4 aromatic heterocycles. The zero-order chi connectivity index (χ0) is 58.4. The number of fused-ring (bicyclic) bond motifs is 2. The van der Waals surface area contributed by atoms with E-state index in [4.69, 9.17) is 43.5 Å². The number of aromatic carboxylic acids is 1. The minimum atomic E-state index is -3.60. The van der Waals surface area contributed by atoms with Crippen molar-refractivity contribution < 1.29 is 41.0 Å². The Morgan fingerprint density at radius 1 is 0.575 bits per heavy atom. The number of nitrogens with two attached hydrogens (primary N) is 1. The Bertz CT molecular complexity index is 3860. The molecule has 21 nitrogen and oxygen atoms in total. The number of nitrogens with zero attached hydrogens (tertiary/aromatic N) is 6. The summed E-state index contributed by atoms with van der Waals surface area (Å²) in [4.78, 5) is 49.9. The summed E-state index contributed by atoms with van der Waals surface area (Å²) >= 11 is 12.0. The van der Waals surface area contributed by atoms with Crippen molar-refractivity contribution in [3.63, 3.8) is 0 Å². The molecule has 0 saturated heterocycles. The molecule has 8 aromatic rings. The predicted octanol–water partition coefficient (Wildman–Crippen LogP) is 11.5. The zero-order valence-corrected chi connectivity index (χ0v) is 49.7. The van der Waals surface area contributed by atoms with Crippen LogP contribution in [0, 0.1) is 13.8 Å². The lowest BCUT2D eigenvalue weighted by Gasteiger charge is -2.24. The lowest BCUT2D eigenvalue weighted by atomic mass is 9.86. The third-order valence-electron chi connectivity index (χ3n) is 11.6. The lowest BCUT2D eigenvalue weighted by Crippen LogP contribution is -2.18. The molecule has 0 atom stereocenters. The van der Waals surface area contributed by atoms with Gasteiger partial charge in [0.05, 0.1) is 66.1 Å². The topological polar surface area (TPSA) is 305 Å². The van der Waals surface area contributed by atoms with Crippen LogP contribution in [0.4, 0.5) is 45.8 Å². The maximum absolute atomic E-state index is 13.4. The van der Waals surface area contributed by atoms with Crippen molar-refractivity contribution in [2.75, 3.05) is 57.9 Å². The summed E-state index contributed by atoms with van der Waals surface area (Å²) in [7, 11) is -4.11. The molecule has 26 heteroatoms. The van der Waals surface area contributed by atoms with Gasteiger partial charge in [0.2, 0.25) is 20.0 Å². The van der Waals surface area contributed by atoms with E-state index in [0.717, 1.165) is 34.8 Å². The minimum Gasteiger partial charge on any atom is -0.492 e. The number of carboxylic acid groups (broad SMARTS) is 1. The van der Waals surface area contributed by atoms with Crippen LogP contribution < -0.4 is 40.6 Å². The summed E-state index contributed by atoms with van der Waals surface area (Å²) in [6, 6.07) is 23.9. The van der Waals surface area contributed by atoms with E-state index in [9.17, 15) is 26.4 Å². The Morgan fingerprint density at radius 2 is 0.988 bits per heavy atom. The summed E-state index contributed by atoms with van der Waals surface area (Å²) in [6.45, 7) is 15.8. The smallest absolute Gasteiger partial charge is 0.335 e. The van der Waals surface area contributed by atoms with Gasteiger partial charge < -0.3 is 36.3 Å². The Labute approximate surface area is 480 Å². The molecule has 0 aliphatic heterocycles. The average molecular weight is 1190 g/mol. The second-order valence-electron chi connectivity index (χ2n) is 20.0. The number of aryl methyl sites for hydroxylation is 2. The van der Waals surface area contributed by atoms with Gasteiger partial charge in [0.1, 0.15) is 34.0 Å². The van der Waals surface area contributed by atoms with Crippen LogP contribution in [0.3, 0.4) is 0 Å². The summed E-state index contributed by atoms with van der Waals surface area (Å²) in [5.74, 6) is 0.0478. The number of nitrogens with one attached hydrogen (secondary N) is 5. The number of methoxy groups -OCH3 is 2. The molecule has 424 valence electrons. The molecular weight excluding hydrogens is 1130 g/mol. The van der Waals surface area contributed by atoms with Gasteiger partial charge in [-0.15, -0.1) is 12.4 Å². The Hall–Kier alpha value is -7.83. The van der Waals surface area contributed by atoms with Crippen molar-refractivity contribution in [1.82, 2.24) is 29.9 Å². The Kier molecular flexibility index (Phi) is 20.1. The molecule has 0 bridgehead atoms. The van der Waals surface area contributed by atoms with Crippen molar-refractivity contribution >= 4 is 135 Å². The molecule has 0 saturated carbocycles. The van der Waals surface area contributed by atoms with Crippen molar-refractivity contribution in [2.45, 2.75) is 66.2 Å². The fraction of sp³-hybridized carbons (Fsp3) is 0.259. The number of anilines is 8. The first kappa shape index (κ1) is 63.0. The van der Waals surface area contributed by atoms with Gasteiger partial charge in [-0.1, -0.05) is 76.9 Å². The van der Waals surface area contributed by atoms with Crippen LogP contribution in [-0.2, 0) is 30.9 Å². The minimum absolute atomic E-state index is 0. The highest BCUT2D eigenvalue weighted by Crippen LogP contribution is 2.40. The zero-order valence-electron chi connectivity index (χ0n) is 45.7. The number of hydrogen-bond acceptors (Lipinski definition) is 17. The van der Waals surface area contributed by atoms with Gasteiger partial charge in [0.25, 0.3) is 5.91 Å². The number of sulfonamides is 2. The van der Waals surface area contributed by atoms with Crippen LogP contribution in [-0.4, -0.2) is 90.5 Å². The molecule has 80 heavy (non-hydrogen) atoms. The molecule has 8 rings (SSSR count). The number of aromatic nitrogens is 6. The molecule has 4 aromatic carbocycles. The van der Waals surface area contributed by atoms with Gasteiger partial charge in [-0.25, -0.2) is 51.5 Å². The van der Waals surface area contributed by atoms with Crippen LogP contribution in [0.1, 0.15) is 84.5 Å². The van der Waals surface area contributed by atoms with Crippen molar-refractivity contribution in [1.29, 1.82) is 0 Å². The van der Waals surface area contributed by atoms with E-state index in [2.05, 4.69) is 55.3 Å². The first-order chi connectivity index (χ1) is 36.8. The molecule has 0 spiro atoms. The van der Waals surface area contributed by atoms with Crippen molar-refractivity contribution in [3.8, 4) is 11.5 Å². The number of ether oxygens (including phenoxy) is 2. The van der Waals surface area contributed by atoms with E-state index in [1.165, 1.54) is 26.9 Å². The molecule has 0 aliphatic rings. The number of hydrogen-bond donors (Lipinski definition) is 7. The maximum atomic E-state index is 13.4. The SMILES string of the molecule is COc1c(N)cc(C(C)(C)C)cc1NS(C)(=O)=O.COc1c(NC(=O)c2ccc(C)c(Nc3ncnc4ccc(Cl)nc34)c2)cc(C(C)(C)C)cc1NS(C)(=O)=O.Cc1ccc(C(=O)O)cc1Nc1ncnc2ccc(Cl)nc12.Cl. The van der Waals surface area contributed by atoms with Gasteiger partial charge >= 0.3 is 5.97 Å². The number of rotatable bonds is 13. The molecular formula is C54H61Cl3N12O9S2. The molecule has 0 aliphatic carbocycles. The highest BCUT2D eigenvalue weighted by Gasteiger charge is 2.24. The molecule has 0 fully saturated rings. The normalized spacial score (nSPS) is 11.4. The molecule has 1 amide bonds. The van der Waals surface area contributed by atoms with Gasteiger partial charge in [0, 0.05) is 16.9 Å². The summed E-state index contributed by atoms with van der Waals surface area (Å²) < 4.78 is 62.3. The Morgan fingerprint density at radius 3 is 1.41 bits per heavy atom. The van der Waals surface area contributed by atoms with Gasteiger partial charge in [0.15, 0.2) is 23.1 Å². The summed E-state index contributed by atoms with van der Waals surface area (Å²) in [5.41, 5.74) is 14.4. The van der Waals surface area contributed by atoms with E-state index in [1.54, 1.807) is 84.9 Å². The maximum Gasteiger partial charge on any atom is 0.335 e. The van der Waals surface area contributed by atoms with Gasteiger partial charge in [-0.2, -0.15) is 0 Å². The van der Waals surface area contributed by atoms with E-state index in [1.807, 2.05) is 55.4 Å². The van der Waals surface area contributed by atoms with Crippen LogP contribution >= 0.6 is 35.6 Å². The first-order valence-electron chi connectivity index (χ1n) is 23.8. The van der Waals surface area contributed by atoms with E-state index < -0.39 is 31.9 Å². The number of halogens is 3. The Balaban J connectivity index is 0.000000242. The van der Waals surface area contributed by atoms with Crippen LogP contribution in [0.2, 0.25) is 10.3 Å². The monoisotopic (exact) mass is 1190 g/mol. The number of carboxylic acids is 1. The van der Waals surface area contributed by atoms with Crippen LogP contribution in [0.5, 0.6) is 11.5 Å². The molecule has 0 radical (unpaired) electrons. The number of amides is 1. The largest absolute Gasteiger partial charge is 0.492 e. The second kappa shape index (κ2) is 25.5. The lowest BCUT2D eigenvalue weighted by molar-refractivity contribution is 0.0696. The van der Waals surface area contributed by atoms with Crippen molar-refractivity contribution in [2.24, 2.45) is 0 Å². The fourth-order valence-electron chi connectivity index (χ4n) is 7.49. The van der Waals surface area contributed by atoms with Gasteiger partial charge in [-0.3, -0.25) is 14.2 Å². The number of carbonyl (C=O) groups is 2. The fourth-order valence-corrected chi connectivity index (χ4v) is 8.89. The van der Waals surface area contributed by atoms with Gasteiger partial charge in [-0.05, 0) is 120 Å². The quantitative estimate of drug-likeness (QED) is 0.0417. The third kappa shape index (κ3) is 16.6. The first-order valence-corrected chi connectivity index (χ1v) is 28.4. The highest BCUT2D eigenvalue weighted by atomic mass is 35.5. The standard InChI is InChI=1S/C27H29ClN6O4S.C15H11ClN4O2.C12H20N2O3S.ClH/c1-15-7-8-16(11-19(15)31-25-23-18(29-14-30-25)9-10-22(28)33-23)26(35)32-20-12-17(27(2,3)4)13-21(24(20)38-5)34-39(6,36)37;1-8-2-3-9(15(21)22)6-11(8)19-14-13-10(17-7-18-14)4-5-12(16)20-13;1-12(2,3)8-6-9(13)11(17-4)10(7-8)14-18(5,15)16;/h7-14,34H,1-6H3,(H,32,35)(H,29,30,31);2-7H,1H3,(H,21,22)(H,17,18,19);6-7,14H,13H2,1-5H3;1H. The number of nitrogen functional groups attached to an aromatic ring is 1. The number of pyridine rings is 2.